The Kier molecular flexibility index (Phi) is 7.74. The number of furan rings is 1. The maximum absolute atomic E-state index is 13.5. The summed E-state index contributed by atoms with van der Waals surface area (Å²) in [5.41, 5.74) is 3.37. The van der Waals surface area contributed by atoms with Crippen molar-refractivity contribution >= 4 is 68.9 Å². The molecule has 0 saturated carbocycles. The number of halogens is 3. The number of thiophene rings is 1. The molecule has 0 aliphatic heterocycles. The largest absolute Gasteiger partial charge is 0.455 e. The summed E-state index contributed by atoms with van der Waals surface area (Å²) in [6.45, 7) is 6.85. The standard InChI is InChI=1S/C30H27Cl3N2O2S/c1-30(2,3)17-4-11-23-26(14-17)38-29(27(23)28(36)35-20-8-5-18(31)6-9-20)34-16-21-10-13-25(37-21)22-12-7-19(32)15-24(22)33/h5-10,12-13,15-17H,4,11,14H2,1-3H3,(H,35,36)/t17-/m1/s1. The second kappa shape index (κ2) is 10.9. The van der Waals surface area contributed by atoms with E-state index in [2.05, 4.69) is 26.1 Å². The Hall–Kier alpha value is -2.57. The first kappa shape index (κ1) is 27.0. The highest BCUT2D eigenvalue weighted by Crippen LogP contribution is 2.45. The van der Waals surface area contributed by atoms with Crippen LogP contribution in [0.15, 0.2) is 64.0 Å². The van der Waals surface area contributed by atoms with Crippen molar-refractivity contribution in [2.75, 3.05) is 5.32 Å². The molecule has 0 unspecified atom stereocenters. The van der Waals surface area contributed by atoms with Crippen molar-refractivity contribution in [3.8, 4) is 11.3 Å². The van der Waals surface area contributed by atoms with Crippen LogP contribution in [-0.2, 0) is 12.8 Å². The summed E-state index contributed by atoms with van der Waals surface area (Å²) in [7, 11) is 0. The van der Waals surface area contributed by atoms with Crippen molar-refractivity contribution in [1.29, 1.82) is 0 Å². The number of nitrogens with zero attached hydrogens (tertiary/aromatic N) is 1. The van der Waals surface area contributed by atoms with Crippen LogP contribution in [0.4, 0.5) is 10.7 Å². The molecule has 196 valence electrons. The van der Waals surface area contributed by atoms with Crippen molar-refractivity contribution in [3.63, 3.8) is 0 Å². The van der Waals surface area contributed by atoms with Gasteiger partial charge in [0.1, 0.15) is 16.5 Å². The predicted octanol–water partition coefficient (Wildman–Crippen LogP) is 10.1. The van der Waals surface area contributed by atoms with Crippen molar-refractivity contribution in [2.24, 2.45) is 16.3 Å². The average molecular weight is 586 g/mol. The molecule has 0 saturated heterocycles. The zero-order valence-electron chi connectivity index (χ0n) is 21.3. The van der Waals surface area contributed by atoms with E-state index in [1.54, 1.807) is 53.9 Å². The van der Waals surface area contributed by atoms with Gasteiger partial charge >= 0.3 is 0 Å². The first-order chi connectivity index (χ1) is 18.1. The van der Waals surface area contributed by atoms with Gasteiger partial charge in [0, 0.05) is 26.2 Å². The molecule has 38 heavy (non-hydrogen) atoms. The lowest BCUT2D eigenvalue weighted by Gasteiger charge is -2.33. The minimum absolute atomic E-state index is 0.167. The van der Waals surface area contributed by atoms with E-state index in [-0.39, 0.29) is 11.3 Å². The smallest absolute Gasteiger partial charge is 0.259 e. The van der Waals surface area contributed by atoms with Crippen molar-refractivity contribution in [2.45, 2.75) is 40.0 Å². The Labute approximate surface area is 241 Å². The number of aliphatic imine (C=N–C) groups is 1. The summed E-state index contributed by atoms with van der Waals surface area (Å²) in [4.78, 5) is 19.5. The number of amides is 1. The van der Waals surface area contributed by atoms with Gasteiger partial charge in [0.25, 0.3) is 5.91 Å². The molecule has 8 heteroatoms. The lowest BCUT2D eigenvalue weighted by molar-refractivity contribution is 0.102. The second-order valence-corrected chi connectivity index (χ2v) is 12.9. The number of anilines is 1. The number of hydrogen-bond acceptors (Lipinski definition) is 4. The summed E-state index contributed by atoms with van der Waals surface area (Å²) < 4.78 is 6.00. The maximum Gasteiger partial charge on any atom is 0.259 e. The molecule has 1 atom stereocenters. The van der Waals surface area contributed by atoms with Crippen molar-refractivity contribution < 1.29 is 9.21 Å². The van der Waals surface area contributed by atoms with E-state index in [0.717, 1.165) is 30.4 Å². The Morgan fingerprint density at radius 3 is 2.50 bits per heavy atom. The molecule has 0 bridgehead atoms. The van der Waals surface area contributed by atoms with Gasteiger partial charge in [-0.05, 0) is 90.8 Å². The molecule has 1 amide bonds. The zero-order valence-corrected chi connectivity index (χ0v) is 24.4. The number of carbonyl (C=O) groups excluding carboxylic acids is 1. The van der Waals surface area contributed by atoms with Crippen LogP contribution >= 0.6 is 46.1 Å². The molecule has 0 spiro atoms. The topological polar surface area (TPSA) is 54.6 Å². The number of benzene rings is 2. The Balaban J connectivity index is 1.47. The van der Waals surface area contributed by atoms with Crippen molar-refractivity contribution in [1.82, 2.24) is 0 Å². The maximum atomic E-state index is 13.5. The van der Waals surface area contributed by atoms with Gasteiger partial charge in [-0.3, -0.25) is 4.79 Å². The third kappa shape index (κ3) is 5.86. The monoisotopic (exact) mass is 584 g/mol. The van der Waals surface area contributed by atoms with Crippen LogP contribution in [0, 0.1) is 11.3 Å². The molecule has 4 aromatic rings. The summed E-state index contributed by atoms with van der Waals surface area (Å²) >= 11 is 20.0. The molecule has 2 heterocycles. The molecule has 1 N–H and O–H groups in total. The van der Waals surface area contributed by atoms with E-state index in [9.17, 15) is 4.79 Å². The van der Waals surface area contributed by atoms with Crippen LogP contribution in [0.5, 0.6) is 0 Å². The fourth-order valence-electron chi connectivity index (χ4n) is 4.74. The SMILES string of the molecule is CC(C)(C)[C@@H]1CCc2c(sc(N=Cc3ccc(-c4ccc(Cl)cc4Cl)o3)c2C(=O)Nc2ccc(Cl)cc2)C1. The van der Waals surface area contributed by atoms with E-state index in [1.165, 1.54) is 4.88 Å². The first-order valence-electron chi connectivity index (χ1n) is 12.4. The van der Waals surface area contributed by atoms with Gasteiger partial charge < -0.3 is 9.73 Å². The van der Waals surface area contributed by atoms with Crippen molar-refractivity contribution in [3.05, 3.63) is 91.4 Å². The summed E-state index contributed by atoms with van der Waals surface area (Å²) in [5, 5.41) is 5.39. The number of hydrogen-bond donors (Lipinski definition) is 1. The molecule has 5 rings (SSSR count). The van der Waals surface area contributed by atoms with E-state index < -0.39 is 0 Å². The summed E-state index contributed by atoms with van der Waals surface area (Å²) in [6, 6.07) is 16.1. The minimum atomic E-state index is -0.167. The van der Waals surface area contributed by atoms with Crippen LogP contribution in [0.3, 0.4) is 0 Å². The van der Waals surface area contributed by atoms with E-state index in [4.69, 9.17) is 44.2 Å². The Bertz CT molecular complexity index is 1510. The molecular formula is C30H27Cl3N2O2S. The Morgan fingerprint density at radius 1 is 1.05 bits per heavy atom. The molecule has 2 aromatic heterocycles. The van der Waals surface area contributed by atoms with E-state index in [0.29, 0.717) is 48.8 Å². The van der Waals surface area contributed by atoms with Crippen LogP contribution in [-0.4, -0.2) is 12.1 Å². The van der Waals surface area contributed by atoms with Gasteiger partial charge in [0.15, 0.2) is 0 Å². The molecule has 1 aliphatic carbocycles. The molecule has 0 fully saturated rings. The number of nitrogens with one attached hydrogen (secondary N) is 1. The highest BCUT2D eigenvalue weighted by atomic mass is 35.5. The predicted molar refractivity (Wildman–Crippen MR) is 160 cm³/mol. The fourth-order valence-corrected chi connectivity index (χ4v) is 6.64. The van der Waals surface area contributed by atoms with Gasteiger partial charge in [-0.25, -0.2) is 4.99 Å². The quantitative estimate of drug-likeness (QED) is 0.237. The second-order valence-electron chi connectivity index (χ2n) is 10.5. The van der Waals surface area contributed by atoms with Crippen LogP contribution in [0.1, 0.15) is 53.8 Å². The molecule has 1 aliphatic rings. The van der Waals surface area contributed by atoms with Crippen LogP contribution in [0.2, 0.25) is 15.1 Å². The number of rotatable bonds is 5. The number of carbonyl (C=O) groups is 1. The third-order valence-electron chi connectivity index (χ3n) is 6.93. The van der Waals surface area contributed by atoms with Gasteiger partial charge in [0.2, 0.25) is 0 Å². The van der Waals surface area contributed by atoms with Gasteiger partial charge in [-0.1, -0.05) is 55.6 Å². The minimum Gasteiger partial charge on any atom is -0.455 e. The first-order valence-corrected chi connectivity index (χ1v) is 14.3. The highest BCUT2D eigenvalue weighted by molar-refractivity contribution is 7.16. The molecule has 0 radical (unpaired) electrons. The highest BCUT2D eigenvalue weighted by Gasteiger charge is 2.33. The Morgan fingerprint density at radius 2 is 1.79 bits per heavy atom. The van der Waals surface area contributed by atoms with Crippen LogP contribution < -0.4 is 5.32 Å². The van der Waals surface area contributed by atoms with E-state index >= 15 is 0 Å². The lowest BCUT2D eigenvalue weighted by Crippen LogP contribution is -2.27. The summed E-state index contributed by atoms with van der Waals surface area (Å²) in [6.07, 6.45) is 4.50. The average Bonchev–Trinajstić information content (AvgIpc) is 3.47. The summed E-state index contributed by atoms with van der Waals surface area (Å²) in [5.74, 6) is 1.56. The van der Waals surface area contributed by atoms with Gasteiger partial charge in [0.05, 0.1) is 16.8 Å². The van der Waals surface area contributed by atoms with Gasteiger partial charge in [-0.2, -0.15) is 0 Å². The van der Waals surface area contributed by atoms with Crippen LogP contribution in [0.25, 0.3) is 11.3 Å². The lowest BCUT2D eigenvalue weighted by atomic mass is 9.72. The third-order valence-corrected chi connectivity index (χ3v) is 8.90. The normalized spacial score (nSPS) is 15.6. The molecule has 4 nitrogen and oxygen atoms in total. The molecular weight excluding hydrogens is 559 g/mol. The van der Waals surface area contributed by atoms with E-state index in [1.807, 2.05) is 18.2 Å². The number of fused-ring (bicyclic) bond motifs is 1. The molecule has 2 aromatic carbocycles. The van der Waals surface area contributed by atoms with Gasteiger partial charge in [-0.15, -0.1) is 11.3 Å². The fraction of sp³-hybridized carbons (Fsp3) is 0.267. The zero-order chi connectivity index (χ0) is 27.0.